The Morgan fingerprint density at radius 3 is 1.81 bits per heavy atom. The molecule has 1 aliphatic rings. The Kier molecular flexibility index (Phi) is 5.81. The van der Waals surface area contributed by atoms with Crippen molar-refractivity contribution in [1.29, 1.82) is 0 Å². The van der Waals surface area contributed by atoms with Gasteiger partial charge in [0.1, 0.15) is 0 Å². The van der Waals surface area contributed by atoms with Gasteiger partial charge < -0.3 is 0 Å². The number of rotatable bonds is 4. The third-order valence-corrected chi connectivity index (χ3v) is 6.00. The molecule has 158 valence electrons. The van der Waals surface area contributed by atoms with Crippen LogP contribution in [0.2, 0.25) is 0 Å². The molecular weight excluding hydrogens is 400 g/mol. The predicted octanol–water partition coefficient (Wildman–Crippen LogP) is 8.25. The first kappa shape index (κ1) is 21.1. The van der Waals surface area contributed by atoms with E-state index in [1.54, 1.807) is 36.4 Å². The Labute approximate surface area is 179 Å². The summed E-state index contributed by atoms with van der Waals surface area (Å²) in [6.45, 7) is 5.29. The SMILES string of the molecule is C=CC1CC=C(c2ccc(-c3ccc(-c4ccc(C)c(F)c4F)cc3)c(F)c2F)CC1. The minimum absolute atomic E-state index is 0.124. The molecule has 0 spiro atoms. The molecule has 0 aromatic heterocycles. The van der Waals surface area contributed by atoms with E-state index in [1.165, 1.54) is 19.1 Å². The van der Waals surface area contributed by atoms with Crippen molar-refractivity contribution >= 4 is 5.57 Å². The molecule has 0 aliphatic heterocycles. The van der Waals surface area contributed by atoms with Crippen LogP contribution in [0.1, 0.15) is 30.4 Å². The molecule has 0 saturated heterocycles. The Balaban J connectivity index is 1.65. The van der Waals surface area contributed by atoms with Crippen molar-refractivity contribution in [3.63, 3.8) is 0 Å². The number of hydrogen-bond donors (Lipinski definition) is 0. The van der Waals surface area contributed by atoms with Crippen LogP contribution in [-0.4, -0.2) is 0 Å². The van der Waals surface area contributed by atoms with E-state index < -0.39 is 23.3 Å². The van der Waals surface area contributed by atoms with Gasteiger partial charge in [0.05, 0.1) is 0 Å². The van der Waals surface area contributed by atoms with Crippen molar-refractivity contribution < 1.29 is 17.6 Å². The molecule has 0 N–H and O–H groups in total. The Morgan fingerprint density at radius 2 is 1.26 bits per heavy atom. The molecule has 3 aromatic carbocycles. The summed E-state index contributed by atoms with van der Waals surface area (Å²) in [5, 5.41) is 0. The molecule has 0 fully saturated rings. The van der Waals surface area contributed by atoms with E-state index in [1.807, 2.05) is 12.2 Å². The van der Waals surface area contributed by atoms with Gasteiger partial charge in [-0.25, -0.2) is 17.6 Å². The van der Waals surface area contributed by atoms with Gasteiger partial charge in [-0.1, -0.05) is 60.7 Å². The molecule has 0 heterocycles. The highest BCUT2D eigenvalue weighted by molar-refractivity contribution is 5.74. The average Bonchev–Trinajstić information content (AvgIpc) is 2.80. The molecule has 0 bridgehead atoms. The number of allylic oxidation sites excluding steroid dienone is 3. The molecule has 0 saturated carbocycles. The van der Waals surface area contributed by atoms with Gasteiger partial charge in [-0.05, 0) is 54.4 Å². The summed E-state index contributed by atoms with van der Waals surface area (Å²) in [6, 6.07) is 12.5. The van der Waals surface area contributed by atoms with E-state index in [-0.39, 0.29) is 22.3 Å². The summed E-state index contributed by atoms with van der Waals surface area (Å²) in [6.07, 6.45) is 6.18. The van der Waals surface area contributed by atoms with Crippen molar-refractivity contribution in [2.45, 2.75) is 26.2 Å². The van der Waals surface area contributed by atoms with Crippen molar-refractivity contribution in [3.05, 3.63) is 102 Å². The minimum atomic E-state index is -0.922. The molecule has 0 amide bonds. The zero-order valence-electron chi connectivity index (χ0n) is 17.2. The first-order valence-corrected chi connectivity index (χ1v) is 10.3. The molecule has 4 heteroatoms. The van der Waals surface area contributed by atoms with E-state index in [2.05, 4.69) is 6.58 Å². The van der Waals surface area contributed by atoms with Crippen molar-refractivity contribution in [3.8, 4) is 22.3 Å². The standard InChI is InChI=1S/C27H22F4/c1-3-17-5-7-18(8-6-17)22-14-15-23(27(31)26(22)30)20-11-9-19(10-12-20)21-13-4-16(2)24(28)25(21)29/h3-4,7,9-15,17H,1,5-6,8H2,2H3. The number of aryl methyl sites for hydroxylation is 1. The smallest absolute Gasteiger partial charge is 0.167 e. The van der Waals surface area contributed by atoms with Crippen LogP contribution in [0.5, 0.6) is 0 Å². The maximum Gasteiger partial charge on any atom is 0.167 e. The van der Waals surface area contributed by atoms with Crippen LogP contribution in [0.15, 0.2) is 67.3 Å². The first-order chi connectivity index (χ1) is 14.9. The van der Waals surface area contributed by atoms with Gasteiger partial charge in [-0.2, -0.15) is 0 Å². The van der Waals surface area contributed by atoms with Gasteiger partial charge in [0.15, 0.2) is 23.3 Å². The van der Waals surface area contributed by atoms with Gasteiger partial charge in [0, 0.05) is 16.7 Å². The highest BCUT2D eigenvalue weighted by Gasteiger charge is 2.20. The fraction of sp³-hybridized carbons (Fsp3) is 0.185. The maximum absolute atomic E-state index is 14.9. The Bertz CT molecular complexity index is 1170. The van der Waals surface area contributed by atoms with Crippen LogP contribution in [-0.2, 0) is 0 Å². The quantitative estimate of drug-likeness (QED) is 0.293. The van der Waals surface area contributed by atoms with E-state index in [0.29, 0.717) is 23.5 Å². The predicted molar refractivity (Wildman–Crippen MR) is 117 cm³/mol. The zero-order valence-corrected chi connectivity index (χ0v) is 17.2. The van der Waals surface area contributed by atoms with Crippen LogP contribution in [0.4, 0.5) is 17.6 Å². The van der Waals surface area contributed by atoms with Crippen LogP contribution in [0, 0.1) is 36.1 Å². The van der Waals surface area contributed by atoms with Crippen LogP contribution < -0.4 is 0 Å². The Morgan fingerprint density at radius 1 is 0.742 bits per heavy atom. The van der Waals surface area contributed by atoms with Gasteiger partial charge in [-0.15, -0.1) is 6.58 Å². The second-order valence-electron chi connectivity index (χ2n) is 7.92. The molecular formula is C27H22F4. The van der Waals surface area contributed by atoms with Crippen molar-refractivity contribution in [2.24, 2.45) is 5.92 Å². The summed E-state index contributed by atoms with van der Waals surface area (Å²) in [5.74, 6) is -3.21. The lowest BCUT2D eigenvalue weighted by atomic mass is 9.86. The normalized spacial score (nSPS) is 16.2. The highest BCUT2D eigenvalue weighted by atomic mass is 19.2. The van der Waals surface area contributed by atoms with E-state index in [0.717, 1.165) is 18.4 Å². The summed E-state index contributed by atoms with van der Waals surface area (Å²) >= 11 is 0. The number of benzene rings is 3. The highest BCUT2D eigenvalue weighted by Crippen LogP contribution is 2.36. The first-order valence-electron chi connectivity index (χ1n) is 10.3. The molecule has 3 aromatic rings. The van der Waals surface area contributed by atoms with E-state index >= 15 is 0 Å². The lowest BCUT2D eigenvalue weighted by Crippen LogP contribution is -2.04. The van der Waals surface area contributed by atoms with Gasteiger partial charge in [-0.3, -0.25) is 0 Å². The van der Waals surface area contributed by atoms with Crippen LogP contribution in [0.25, 0.3) is 27.8 Å². The summed E-state index contributed by atoms with van der Waals surface area (Å²) < 4.78 is 57.9. The molecule has 0 radical (unpaired) electrons. The summed E-state index contributed by atoms with van der Waals surface area (Å²) in [7, 11) is 0. The molecule has 0 nitrogen and oxygen atoms in total. The molecule has 31 heavy (non-hydrogen) atoms. The zero-order chi connectivity index (χ0) is 22.1. The topological polar surface area (TPSA) is 0 Å². The number of halogens is 4. The van der Waals surface area contributed by atoms with E-state index in [9.17, 15) is 17.6 Å². The third kappa shape index (κ3) is 3.95. The van der Waals surface area contributed by atoms with Gasteiger partial charge in [0.25, 0.3) is 0 Å². The minimum Gasteiger partial charge on any atom is -0.203 e. The molecule has 1 unspecified atom stereocenters. The number of hydrogen-bond acceptors (Lipinski definition) is 0. The average molecular weight is 422 g/mol. The fourth-order valence-electron chi connectivity index (χ4n) is 4.03. The van der Waals surface area contributed by atoms with Gasteiger partial charge in [0.2, 0.25) is 0 Å². The molecule has 4 rings (SSSR count). The third-order valence-electron chi connectivity index (χ3n) is 6.00. The maximum atomic E-state index is 14.9. The lowest BCUT2D eigenvalue weighted by Gasteiger charge is -2.20. The van der Waals surface area contributed by atoms with Crippen LogP contribution >= 0.6 is 0 Å². The summed E-state index contributed by atoms with van der Waals surface area (Å²) in [4.78, 5) is 0. The molecule has 1 atom stereocenters. The monoisotopic (exact) mass is 422 g/mol. The van der Waals surface area contributed by atoms with Crippen molar-refractivity contribution in [1.82, 2.24) is 0 Å². The van der Waals surface area contributed by atoms with Gasteiger partial charge >= 0.3 is 0 Å². The van der Waals surface area contributed by atoms with E-state index in [4.69, 9.17) is 0 Å². The second-order valence-corrected chi connectivity index (χ2v) is 7.92. The largest absolute Gasteiger partial charge is 0.203 e. The second kappa shape index (κ2) is 8.54. The fourth-order valence-corrected chi connectivity index (χ4v) is 4.03. The Hall–Kier alpha value is -3.14. The van der Waals surface area contributed by atoms with Crippen molar-refractivity contribution in [2.75, 3.05) is 0 Å². The summed E-state index contributed by atoms with van der Waals surface area (Å²) in [5.41, 5.74) is 2.50. The molecule has 1 aliphatic carbocycles. The van der Waals surface area contributed by atoms with Crippen LogP contribution in [0.3, 0.4) is 0 Å². The lowest BCUT2D eigenvalue weighted by molar-refractivity contribution is 0.505.